The average Bonchev–Trinajstić information content (AvgIpc) is 2.95. The number of ether oxygens (including phenoxy) is 1. The fourth-order valence-electron chi connectivity index (χ4n) is 2.41. The average molecular weight is 326 g/mol. The number of hydrogen-bond acceptors (Lipinski definition) is 5. The minimum absolute atomic E-state index is 0.167. The van der Waals surface area contributed by atoms with Crippen LogP contribution in [0.3, 0.4) is 0 Å². The van der Waals surface area contributed by atoms with Gasteiger partial charge in [0, 0.05) is 12.5 Å². The molecule has 0 aliphatic carbocycles. The van der Waals surface area contributed by atoms with Crippen LogP contribution in [-0.2, 0) is 11.3 Å². The molecule has 0 saturated carbocycles. The molecule has 2 aromatic rings. The Morgan fingerprint density at radius 3 is 2.62 bits per heavy atom. The molecule has 0 aliphatic heterocycles. The number of aryl methyl sites for hydroxylation is 4. The van der Waals surface area contributed by atoms with Crippen LogP contribution in [0.2, 0.25) is 0 Å². The van der Waals surface area contributed by atoms with Gasteiger partial charge in [0.05, 0.1) is 18.5 Å². The smallest absolute Gasteiger partial charge is 0.177 e. The van der Waals surface area contributed by atoms with Crippen molar-refractivity contribution in [3.8, 4) is 18.1 Å². The lowest BCUT2D eigenvalue weighted by molar-refractivity contribution is 0.181. The standard InChI is InChI=1S/C19H22N2O3/c1-5-8-23-20-13-17-10-14(2)19(15(3)11-17)22-9-6-7-18-12-16(4)21-24-18/h1,10-13H,6-9H2,2-4H3. The van der Waals surface area contributed by atoms with E-state index < -0.39 is 0 Å². The molecule has 5 heteroatoms. The highest BCUT2D eigenvalue weighted by molar-refractivity contribution is 5.80. The van der Waals surface area contributed by atoms with Gasteiger partial charge in [0.2, 0.25) is 0 Å². The van der Waals surface area contributed by atoms with Gasteiger partial charge in [-0.25, -0.2) is 0 Å². The van der Waals surface area contributed by atoms with E-state index in [4.69, 9.17) is 20.5 Å². The van der Waals surface area contributed by atoms with Gasteiger partial charge in [-0.3, -0.25) is 0 Å². The van der Waals surface area contributed by atoms with E-state index in [1.54, 1.807) is 6.21 Å². The first-order chi connectivity index (χ1) is 11.6. The van der Waals surface area contributed by atoms with Crippen molar-refractivity contribution in [3.63, 3.8) is 0 Å². The molecule has 0 N–H and O–H groups in total. The van der Waals surface area contributed by atoms with Gasteiger partial charge >= 0.3 is 0 Å². The first-order valence-electron chi connectivity index (χ1n) is 7.85. The monoisotopic (exact) mass is 326 g/mol. The molecule has 0 saturated heterocycles. The van der Waals surface area contributed by atoms with E-state index in [0.29, 0.717) is 6.61 Å². The maximum atomic E-state index is 5.93. The minimum atomic E-state index is 0.167. The van der Waals surface area contributed by atoms with Crippen molar-refractivity contribution in [2.75, 3.05) is 13.2 Å². The number of oxime groups is 1. The van der Waals surface area contributed by atoms with Crippen molar-refractivity contribution in [2.24, 2.45) is 5.16 Å². The zero-order chi connectivity index (χ0) is 17.4. The Labute approximate surface area is 142 Å². The lowest BCUT2D eigenvalue weighted by Crippen LogP contribution is -2.03. The molecular formula is C19H22N2O3. The molecule has 0 atom stereocenters. The largest absolute Gasteiger partial charge is 0.493 e. The molecule has 24 heavy (non-hydrogen) atoms. The van der Waals surface area contributed by atoms with Crippen molar-refractivity contribution in [1.82, 2.24) is 5.16 Å². The van der Waals surface area contributed by atoms with Crippen LogP contribution in [0.4, 0.5) is 0 Å². The van der Waals surface area contributed by atoms with E-state index in [2.05, 4.69) is 16.2 Å². The predicted molar refractivity (Wildman–Crippen MR) is 93.4 cm³/mol. The topological polar surface area (TPSA) is 56.9 Å². The van der Waals surface area contributed by atoms with Gasteiger partial charge in [0.15, 0.2) is 6.61 Å². The maximum absolute atomic E-state index is 5.93. The third-order valence-corrected chi connectivity index (χ3v) is 3.40. The lowest BCUT2D eigenvalue weighted by Gasteiger charge is -2.12. The summed E-state index contributed by atoms with van der Waals surface area (Å²) in [6.45, 7) is 6.74. The molecule has 5 nitrogen and oxygen atoms in total. The van der Waals surface area contributed by atoms with E-state index >= 15 is 0 Å². The van der Waals surface area contributed by atoms with Crippen LogP contribution in [0, 0.1) is 33.1 Å². The zero-order valence-corrected chi connectivity index (χ0v) is 14.3. The highest BCUT2D eigenvalue weighted by atomic mass is 16.6. The van der Waals surface area contributed by atoms with Crippen molar-refractivity contribution in [1.29, 1.82) is 0 Å². The molecule has 1 heterocycles. The Hall–Kier alpha value is -2.74. The molecule has 0 aliphatic rings. The minimum Gasteiger partial charge on any atom is -0.493 e. The van der Waals surface area contributed by atoms with Crippen LogP contribution in [0.25, 0.3) is 0 Å². The molecule has 2 rings (SSSR count). The van der Waals surface area contributed by atoms with E-state index in [9.17, 15) is 0 Å². The SMILES string of the molecule is C#CCON=Cc1cc(C)c(OCCCc2cc(C)no2)c(C)c1. The molecule has 0 unspecified atom stereocenters. The third-order valence-electron chi connectivity index (χ3n) is 3.40. The quantitative estimate of drug-likeness (QED) is 0.322. The van der Waals surface area contributed by atoms with Crippen molar-refractivity contribution < 1.29 is 14.1 Å². The Bertz CT molecular complexity index is 718. The molecule has 0 amide bonds. The van der Waals surface area contributed by atoms with Crippen molar-refractivity contribution in [3.05, 3.63) is 46.3 Å². The van der Waals surface area contributed by atoms with Gasteiger partial charge in [-0.1, -0.05) is 16.2 Å². The summed E-state index contributed by atoms with van der Waals surface area (Å²) >= 11 is 0. The normalized spacial score (nSPS) is 10.8. The van der Waals surface area contributed by atoms with E-state index in [1.165, 1.54) is 0 Å². The van der Waals surface area contributed by atoms with Gasteiger partial charge in [-0.15, -0.1) is 6.42 Å². The van der Waals surface area contributed by atoms with E-state index in [1.807, 2.05) is 39.0 Å². The van der Waals surface area contributed by atoms with Gasteiger partial charge in [-0.2, -0.15) is 0 Å². The number of rotatable bonds is 8. The molecule has 126 valence electrons. The zero-order valence-electron chi connectivity index (χ0n) is 14.3. The number of terminal acetylenes is 1. The van der Waals surface area contributed by atoms with Gasteiger partial charge in [-0.05, 0) is 56.0 Å². The maximum Gasteiger partial charge on any atom is 0.177 e. The fraction of sp³-hybridized carbons (Fsp3) is 0.368. The summed E-state index contributed by atoms with van der Waals surface area (Å²) in [5.74, 6) is 4.16. The summed E-state index contributed by atoms with van der Waals surface area (Å²) in [4.78, 5) is 4.91. The van der Waals surface area contributed by atoms with Crippen LogP contribution in [0.15, 0.2) is 27.9 Å². The number of nitrogens with zero attached hydrogens (tertiary/aromatic N) is 2. The van der Waals surface area contributed by atoms with Gasteiger partial charge < -0.3 is 14.1 Å². The summed E-state index contributed by atoms with van der Waals surface area (Å²) in [6, 6.07) is 5.96. The first-order valence-corrected chi connectivity index (χ1v) is 7.85. The van der Waals surface area contributed by atoms with Crippen LogP contribution >= 0.6 is 0 Å². The van der Waals surface area contributed by atoms with Crippen LogP contribution < -0.4 is 4.74 Å². The second-order valence-corrected chi connectivity index (χ2v) is 5.58. The summed E-state index contributed by atoms with van der Waals surface area (Å²) in [5, 5.41) is 7.71. The molecule has 0 spiro atoms. The summed E-state index contributed by atoms with van der Waals surface area (Å²) < 4.78 is 11.1. The number of aromatic nitrogens is 1. The Morgan fingerprint density at radius 1 is 1.25 bits per heavy atom. The van der Waals surface area contributed by atoms with Crippen LogP contribution in [0.1, 0.15) is 34.6 Å². The first kappa shape index (κ1) is 17.6. The molecular weight excluding hydrogens is 304 g/mol. The lowest BCUT2D eigenvalue weighted by atomic mass is 10.1. The highest BCUT2D eigenvalue weighted by Gasteiger charge is 2.07. The number of benzene rings is 1. The van der Waals surface area contributed by atoms with Crippen LogP contribution in [0.5, 0.6) is 5.75 Å². The number of hydrogen-bond donors (Lipinski definition) is 0. The Kier molecular flexibility index (Phi) is 6.44. The fourth-order valence-corrected chi connectivity index (χ4v) is 2.41. The van der Waals surface area contributed by atoms with Crippen molar-refractivity contribution in [2.45, 2.75) is 33.6 Å². The predicted octanol–water partition coefficient (Wildman–Crippen LogP) is 3.60. The summed E-state index contributed by atoms with van der Waals surface area (Å²) in [5.41, 5.74) is 3.97. The highest BCUT2D eigenvalue weighted by Crippen LogP contribution is 2.24. The third kappa shape index (κ3) is 5.17. The van der Waals surface area contributed by atoms with Gasteiger partial charge in [0.25, 0.3) is 0 Å². The van der Waals surface area contributed by atoms with Crippen molar-refractivity contribution >= 4 is 6.21 Å². The molecule has 1 aromatic carbocycles. The Balaban J connectivity index is 1.88. The van der Waals surface area contributed by atoms with E-state index in [0.717, 1.165) is 46.7 Å². The van der Waals surface area contributed by atoms with Crippen LogP contribution in [-0.4, -0.2) is 24.6 Å². The second-order valence-electron chi connectivity index (χ2n) is 5.58. The summed E-state index contributed by atoms with van der Waals surface area (Å²) in [6.07, 6.45) is 8.43. The summed E-state index contributed by atoms with van der Waals surface area (Å²) in [7, 11) is 0. The molecule has 0 radical (unpaired) electrons. The molecule has 0 bridgehead atoms. The van der Waals surface area contributed by atoms with Gasteiger partial charge in [0.1, 0.15) is 11.5 Å². The molecule has 0 fully saturated rings. The Morgan fingerprint density at radius 2 is 2.00 bits per heavy atom. The van der Waals surface area contributed by atoms with E-state index in [-0.39, 0.29) is 6.61 Å². The second kappa shape index (κ2) is 8.78. The molecule has 1 aromatic heterocycles.